The van der Waals surface area contributed by atoms with Crippen molar-refractivity contribution < 1.29 is 14.0 Å². The van der Waals surface area contributed by atoms with Crippen LogP contribution in [0.25, 0.3) is 0 Å². The SMILES string of the molecule is CC(C)[C@@H](NC(=O)[C@@H]1CC(=O)Nc2cc(F)ccc21)c1cccs1. The van der Waals surface area contributed by atoms with Crippen LogP contribution in [-0.4, -0.2) is 11.8 Å². The lowest BCUT2D eigenvalue weighted by molar-refractivity contribution is -0.127. The van der Waals surface area contributed by atoms with Gasteiger partial charge in [-0.1, -0.05) is 26.0 Å². The number of hydrogen-bond donors (Lipinski definition) is 2. The van der Waals surface area contributed by atoms with Gasteiger partial charge in [-0.2, -0.15) is 0 Å². The molecule has 126 valence electrons. The predicted molar refractivity (Wildman–Crippen MR) is 92.4 cm³/mol. The lowest BCUT2D eigenvalue weighted by atomic mass is 9.89. The summed E-state index contributed by atoms with van der Waals surface area (Å²) in [6.45, 7) is 4.09. The Kier molecular flexibility index (Phi) is 4.66. The van der Waals surface area contributed by atoms with E-state index in [4.69, 9.17) is 0 Å². The summed E-state index contributed by atoms with van der Waals surface area (Å²) in [7, 11) is 0. The molecule has 4 nitrogen and oxygen atoms in total. The second-order valence-electron chi connectivity index (χ2n) is 6.28. The van der Waals surface area contributed by atoms with Crippen molar-refractivity contribution in [3.63, 3.8) is 0 Å². The molecule has 1 aromatic heterocycles. The maximum absolute atomic E-state index is 13.4. The van der Waals surface area contributed by atoms with E-state index in [9.17, 15) is 14.0 Å². The van der Waals surface area contributed by atoms with Gasteiger partial charge >= 0.3 is 0 Å². The number of halogens is 1. The Morgan fingerprint density at radius 1 is 1.38 bits per heavy atom. The molecule has 0 aliphatic carbocycles. The molecular formula is C18H19FN2O2S. The van der Waals surface area contributed by atoms with Gasteiger partial charge in [-0.05, 0) is 35.1 Å². The molecule has 0 spiro atoms. The van der Waals surface area contributed by atoms with E-state index in [0.29, 0.717) is 11.3 Å². The number of rotatable bonds is 4. The van der Waals surface area contributed by atoms with E-state index in [1.807, 2.05) is 31.4 Å². The van der Waals surface area contributed by atoms with Crippen molar-refractivity contribution in [1.82, 2.24) is 5.32 Å². The normalized spacial score (nSPS) is 18.0. The molecule has 0 saturated carbocycles. The molecule has 3 rings (SSSR count). The number of thiophene rings is 1. The topological polar surface area (TPSA) is 58.2 Å². The lowest BCUT2D eigenvalue weighted by Crippen LogP contribution is -2.38. The Labute approximate surface area is 144 Å². The maximum atomic E-state index is 13.4. The van der Waals surface area contributed by atoms with Gasteiger partial charge in [0.1, 0.15) is 5.82 Å². The van der Waals surface area contributed by atoms with Gasteiger partial charge in [-0.3, -0.25) is 9.59 Å². The molecule has 0 saturated heterocycles. The number of carbonyl (C=O) groups is 2. The molecule has 24 heavy (non-hydrogen) atoms. The highest BCUT2D eigenvalue weighted by Crippen LogP contribution is 2.34. The average Bonchev–Trinajstić information content (AvgIpc) is 3.04. The zero-order valence-corrected chi connectivity index (χ0v) is 14.3. The Balaban J connectivity index is 1.86. The first-order valence-electron chi connectivity index (χ1n) is 7.88. The monoisotopic (exact) mass is 346 g/mol. The number of carbonyl (C=O) groups excluding carboxylic acids is 2. The molecule has 0 unspecified atom stereocenters. The summed E-state index contributed by atoms with van der Waals surface area (Å²) in [6.07, 6.45) is 0.0692. The summed E-state index contributed by atoms with van der Waals surface area (Å²) in [5.74, 6) is -1.29. The summed E-state index contributed by atoms with van der Waals surface area (Å²) >= 11 is 1.59. The smallest absolute Gasteiger partial charge is 0.228 e. The standard InChI is InChI=1S/C18H19FN2O2S/c1-10(2)17(15-4-3-7-24-15)21-18(23)13-9-16(22)20-14-8-11(19)5-6-12(13)14/h3-8,10,13,17H,9H2,1-2H3,(H,20,22)(H,21,23)/t13-,17-/m1/s1. The minimum atomic E-state index is -0.601. The summed E-state index contributed by atoms with van der Waals surface area (Å²) in [6, 6.07) is 7.98. The molecule has 6 heteroatoms. The molecular weight excluding hydrogens is 327 g/mol. The fourth-order valence-electron chi connectivity index (χ4n) is 2.96. The summed E-state index contributed by atoms with van der Waals surface area (Å²) in [4.78, 5) is 25.8. The Bertz CT molecular complexity index is 758. The van der Waals surface area contributed by atoms with E-state index in [2.05, 4.69) is 10.6 Å². The van der Waals surface area contributed by atoms with Crippen molar-refractivity contribution in [2.24, 2.45) is 5.92 Å². The van der Waals surface area contributed by atoms with Gasteiger partial charge in [0.05, 0.1) is 12.0 Å². The molecule has 2 amide bonds. The molecule has 2 aromatic rings. The third-order valence-electron chi connectivity index (χ3n) is 4.18. The van der Waals surface area contributed by atoms with E-state index in [1.54, 1.807) is 17.4 Å². The first-order valence-corrected chi connectivity index (χ1v) is 8.76. The van der Waals surface area contributed by atoms with E-state index < -0.39 is 11.7 Å². The van der Waals surface area contributed by atoms with E-state index in [0.717, 1.165) is 4.88 Å². The quantitative estimate of drug-likeness (QED) is 0.884. The van der Waals surface area contributed by atoms with Crippen molar-refractivity contribution in [3.05, 3.63) is 52.0 Å². The summed E-state index contributed by atoms with van der Waals surface area (Å²) in [5.41, 5.74) is 1.03. The molecule has 2 heterocycles. The Morgan fingerprint density at radius 2 is 2.17 bits per heavy atom. The second kappa shape index (κ2) is 6.73. The molecule has 1 aromatic carbocycles. The van der Waals surface area contributed by atoms with E-state index in [1.165, 1.54) is 12.1 Å². The fourth-order valence-corrected chi connectivity index (χ4v) is 3.91. The maximum Gasteiger partial charge on any atom is 0.228 e. The zero-order valence-electron chi connectivity index (χ0n) is 13.5. The van der Waals surface area contributed by atoms with Crippen LogP contribution in [0.2, 0.25) is 0 Å². The van der Waals surface area contributed by atoms with Gasteiger partial charge in [0.2, 0.25) is 11.8 Å². The number of nitrogens with one attached hydrogen (secondary N) is 2. The van der Waals surface area contributed by atoms with E-state index >= 15 is 0 Å². The largest absolute Gasteiger partial charge is 0.348 e. The van der Waals surface area contributed by atoms with Gasteiger partial charge < -0.3 is 10.6 Å². The van der Waals surface area contributed by atoms with Crippen LogP contribution in [0.1, 0.15) is 42.7 Å². The van der Waals surface area contributed by atoms with Gasteiger partial charge in [0.15, 0.2) is 0 Å². The second-order valence-corrected chi connectivity index (χ2v) is 7.26. The Morgan fingerprint density at radius 3 is 2.83 bits per heavy atom. The minimum absolute atomic E-state index is 0.0692. The van der Waals surface area contributed by atoms with Crippen LogP contribution in [0.5, 0.6) is 0 Å². The zero-order chi connectivity index (χ0) is 17.3. The molecule has 0 bridgehead atoms. The highest BCUT2D eigenvalue weighted by Gasteiger charge is 2.32. The van der Waals surface area contributed by atoms with Gasteiger partial charge in [0, 0.05) is 17.0 Å². The number of hydrogen-bond acceptors (Lipinski definition) is 3. The first-order chi connectivity index (χ1) is 11.5. The van der Waals surface area contributed by atoms with Crippen molar-refractivity contribution >= 4 is 28.8 Å². The van der Waals surface area contributed by atoms with Gasteiger partial charge in [-0.25, -0.2) is 4.39 Å². The summed E-state index contributed by atoms with van der Waals surface area (Å²) in [5, 5.41) is 7.67. The van der Waals surface area contributed by atoms with Crippen LogP contribution in [0.15, 0.2) is 35.7 Å². The highest BCUT2D eigenvalue weighted by molar-refractivity contribution is 7.10. The van der Waals surface area contributed by atoms with E-state index in [-0.39, 0.29) is 30.2 Å². The molecule has 0 radical (unpaired) electrons. The number of amides is 2. The third-order valence-corrected chi connectivity index (χ3v) is 5.14. The van der Waals surface area contributed by atoms with Gasteiger partial charge in [-0.15, -0.1) is 11.3 Å². The molecule has 2 atom stereocenters. The lowest BCUT2D eigenvalue weighted by Gasteiger charge is -2.28. The first kappa shape index (κ1) is 16.6. The molecule has 1 aliphatic heterocycles. The summed E-state index contributed by atoms with van der Waals surface area (Å²) < 4.78 is 13.4. The minimum Gasteiger partial charge on any atom is -0.348 e. The Hall–Kier alpha value is -2.21. The number of fused-ring (bicyclic) bond motifs is 1. The van der Waals surface area contributed by atoms with Crippen molar-refractivity contribution in [1.29, 1.82) is 0 Å². The number of benzene rings is 1. The average molecular weight is 346 g/mol. The molecule has 2 N–H and O–H groups in total. The van der Waals surface area contributed by atoms with Crippen molar-refractivity contribution in [2.45, 2.75) is 32.2 Å². The van der Waals surface area contributed by atoms with Crippen LogP contribution < -0.4 is 10.6 Å². The highest BCUT2D eigenvalue weighted by atomic mass is 32.1. The molecule has 0 fully saturated rings. The van der Waals surface area contributed by atoms with Crippen molar-refractivity contribution in [2.75, 3.05) is 5.32 Å². The third kappa shape index (κ3) is 3.33. The van der Waals surface area contributed by atoms with Gasteiger partial charge in [0.25, 0.3) is 0 Å². The van der Waals surface area contributed by atoms with Crippen molar-refractivity contribution in [3.8, 4) is 0 Å². The predicted octanol–water partition coefficient (Wildman–Crippen LogP) is 3.83. The number of anilines is 1. The fraction of sp³-hybridized carbons (Fsp3) is 0.333. The molecule has 1 aliphatic rings. The van der Waals surface area contributed by atoms with Crippen LogP contribution in [0, 0.1) is 11.7 Å². The van der Waals surface area contributed by atoms with Crippen LogP contribution >= 0.6 is 11.3 Å². The van der Waals surface area contributed by atoms with Crippen LogP contribution in [-0.2, 0) is 9.59 Å². The van der Waals surface area contributed by atoms with Crippen LogP contribution in [0.4, 0.5) is 10.1 Å². The van der Waals surface area contributed by atoms with Crippen LogP contribution in [0.3, 0.4) is 0 Å².